The standard InChI is InChI=1S/C17H19NO2/c1-3-15(10-11-18)13-17-8-6-16(7-9-17)5-4-12-20-14(2)19/h3,6-11H,12-13,18H2,1-2H3/b11-10-,15-3+. The Bertz CT molecular complexity index is 557. The predicted octanol–water partition coefficient (Wildman–Crippen LogP) is 2.56. The predicted molar refractivity (Wildman–Crippen MR) is 80.7 cm³/mol. The van der Waals surface area contributed by atoms with E-state index >= 15 is 0 Å². The molecule has 0 heterocycles. The van der Waals surface area contributed by atoms with Gasteiger partial charge in [0.15, 0.2) is 6.61 Å². The fourth-order valence-electron chi connectivity index (χ4n) is 1.60. The van der Waals surface area contributed by atoms with Crippen molar-refractivity contribution in [2.24, 2.45) is 5.73 Å². The largest absolute Gasteiger partial charge is 0.453 e. The monoisotopic (exact) mass is 269 g/mol. The van der Waals surface area contributed by atoms with E-state index in [-0.39, 0.29) is 12.6 Å². The summed E-state index contributed by atoms with van der Waals surface area (Å²) in [5, 5.41) is 0. The average molecular weight is 269 g/mol. The third-order valence-corrected chi connectivity index (χ3v) is 2.62. The van der Waals surface area contributed by atoms with E-state index in [4.69, 9.17) is 10.5 Å². The minimum absolute atomic E-state index is 0.126. The van der Waals surface area contributed by atoms with E-state index < -0.39 is 0 Å². The molecule has 0 aliphatic carbocycles. The van der Waals surface area contributed by atoms with Gasteiger partial charge in [-0.2, -0.15) is 0 Å². The zero-order valence-electron chi connectivity index (χ0n) is 11.8. The minimum atomic E-state index is -0.318. The van der Waals surface area contributed by atoms with Gasteiger partial charge < -0.3 is 10.5 Å². The summed E-state index contributed by atoms with van der Waals surface area (Å²) in [6.45, 7) is 3.48. The molecule has 0 atom stereocenters. The highest BCUT2D eigenvalue weighted by molar-refractivity contribution is 5.66. The van der Waals surface area contributed by atoms with E-state index in [1.54, 1.807) is 6.20 Å². The van der Waals surface area contributed by atoms with E-state index in [1.807, 2.05) is 43.3 Å². The molecule has 0 saturated carbocycles. The molecule has 1 aromatic carbocycles. The molecular formula is C17H19NO2. The lowest BCUT2D eigenvalue weighted by Crippen LogP contribution is -1.97. The van der Waals surface area contributed by atoms with Gasteiger partial charge in [0.05, 0.1) is 0 Å². The van der Waals surface area contributed by atoms with E-state index in [0.29, 0.717) is 0 Å². The van der Waals surface area contributed by atoms with Gasteiger partial charge in [-0.1, -0.05) is 30.0 Å². The fourth-order valence-corrected chi connectivity index (χ4v) is 1.60. The Morgan fingerprint density at radius 3 is 2.60 bits per heavy atom. The van der Waals surface area contributed by atoms with Crippen LogP contribution in [-0.2, 0) is 16.0 Å². The highest BCUT2D eigenvalue weighted by Gasteiger charge is 1.96. The summed E-state index contributed by atoms with van der Waals surface area (Å²) in [5.74, 6) is 5.42. The lowest BCUT2D eigenvalue weighted by Gasteiger charge is -2.02. The number of allylic oxidation sites excluding steroid dienone is 3. The molecule has 0 aromatic heterocycles. The second-order valence-electron chi connectivity index (χ2n) is 4.18. The molecule has 1 aromatic rings. The average Bonchev–Trinajstić information content (AvgIpc) is 2.44. The minimum Gasteiger partial charge on any atom is -0.453 e. The molecule has 0 unspecified atom stereocenters. The smallest absolute Gasteiger partial charge is 0.303 e. The molecule has 0 amide bonds. The Morgan fingerprint density at radius 1 is 1.35 bits per heavy atom. The summed E-state index contributed by atoms with van der Waals surface area (Å²) in [5.41, 5.74) is 8.66. The van der Waals surface area contributed by atoms with Crippen molar-refractivity contribution in [3.63, 3.8) is 0 Å². The third-order valence-electron chi connectivity index (χ3n) is 2.62. The van der Waals surface area contributed by atoms with Crippen molar-refractivity contribution in [3.8, 4) is 11.8 Å². The third kappa shape index (κ3) is 5.92. The second-order valence-corrected chi connectivity index (χ2v) is 4.18. The molecule has 104 valence electrons. The van der Waals surface area contributed by atoms with Crippen molar-refractivity contribution in [2.45, 2.75) is 20.3 Å². The summed E-state index contributed by atoms with van der Waals surface area (Å²) in [4.78, 5) is 10.6. The summed E-state index contributed by atoms with van der Waals surface area (Å²) in [6.07, 6.45) is 6.32. The lowest BCUT2D eigenvalue weighted by atomic mass is 10.0. The number of ether oxygens (including phenoxy) is 1. The lowest BCUT2D eigenvalue weighted by molar-refractivity contribution is -0.139. The molecule has 0 fully saturated rings. The van der Waals surface area contributed by atoms with Gasteiger partial charge in [-0.25, -0.2) is 0 Å². The molecule has 0 aliphatic rings. The number of carbonyl (C=O) groups excluding carboxylic acids is 1. The first-order chi connectivity index (χ1) is 9.65. The van der Waals surface area contributed by atoms with E-state index in [1.165, 1.54) is 18.1 Å². The molecular weight excluding hydrogens is 250 g/mol. The Kier molecular flexibility index (Phi) is 6.70. The van der Waals surface area contributed by atoms with Gasteiger partial charge in [0, 0.05) is 12.5 Å². The normalized spacial score (nSPS) is 11.0. The van der Waals surface area contributed by atoms with Crippen LogP contribution in [0.5, 0.6) is 0 Å². The second kappa shape index (κ2) is 8.60. The Balaban J connectivity index is 2.62. The van der Waals surface area contributed by atoms with Crippen LogP contribution in [0, 0.1) is 11.8 Å². The topological polar surface area (TPSA) is 52.3 Å². The summed E-state index contributed by atoms with van der Waals surface area (Å²) in [7, 11) is 0. The highest BCUT2D eigenvalue weighted by atomic mass is 16.5. The molecule has 1 rings (SSSR count). The van der Waals surface area contributed by atoms with Crippen LogP contribution in [0.1, 0.15) is 25.0 Å². The number of esters is 1. The van der Waals surface area contributed by atoms with Crippen LogP contribution in [0.15, 0.2) is 48.2 Å². The number of benzene rings is 1. The van der Waals surface area contributed by atoms with Gasteiger partial charge in [-0.15, -0.1) is 0 Å². The van der Waals surface area contributed by atoms with Crippen molar-refractivity contribution in [1.29, 1.82) is 0 Å². The van der Waals surface area contributed by atoms with Gasteiger partial charge in [0.25, 0.3) is 0 Å². The van der Waals surface area contributed by atoms with Gasteiger partial charge in [0.2, 0.25) is 0 Å². The number of hydrogen-bond donors (Lipinski definition) is 1. The first-order valence-corrected chi connectivity index (χ1v) is 6.40. The van der Waals surface area contributed by atoms with Crippen LogP contribution in [0.3, 0.4) is 0 Å². The van der Waals surface area contributed by atoms with Crippen molar-refractivity contribution < 1.29 is 9.53 Å². The van der Waals surface area contributed by atoms with Crippen LogP contribution in [0.4, 0.5) is 0 Å². The summed E-state index contributed by atoms with van der Waals surface area (Å²) >= 11 is 0. The van der Waals surface area contributed by atoms with Crippen LogP contribution >= 0.6 is 0 Å². The van der Waals surface area contributed by atoms with Crippen LogP contribution in [0.25, 0.3) is 0 Å². The molecule has 0 spiro atoms. The molecule has 2 N–H and O–H groups in total. The van der Waals surface area contributed by atoms with Crippen molar-refractivity contribution >= 4 is 5.97 Å². The Labute approximate surface area is 120 Å². The SMILES string of the molecule is C/C=C(\C=C/N)Cc1ccc(C#CCOC(C)=O)cc1. The van der Waals surface area contributed by atoms with E-state index in [2.05, 4.69) is 11.8 Å². The van der Waals surface area contributed by atoms with Crippen molar-refractivity contribution in [2.75, 3.05) is 6.61 Å². The van der Waals surface area contributed by atoms with Gasteiger partial charge in [-0.05, 0) is 48.9 Å². The van der Waals surface area contributed by atoms with E-state index in [0.717, 1.165) is 12.0 Å². The molecule has 0 saturated heterocycles. The van der Waals surface area contributed by atoms with Crippen LogP contribution < -0.4 is 5.73 Å². The fraction of sp³-hybridized carbons (Fsp3) is 0.235. The van der Waals surface area contributed by atoms with Crippen LogP contribution in [0.2, 0.25) is 0 Å². The molecule has 0 bridgehead atoms. The Hall–Kier alpha value is -2.47. The maximum absolute atomic E-state index is 10.6. The number of nitrogens with two attached hydrogens (primary N) is 1. The van der Waals surface area contributed by atoms with Crippen molar-refractivity contribution in [3.05, 3.63) is 59.3 Å². The Morgan fingerprint density at radius 2 is 2.05 bits per heavy atom. The van der Waals surface area contributed by atoms with E-state index in [9.17, 15) is 4.79 Å². The first kappa shape index (κ1) is 15.6. The van der Waals surface area contributed by atoms with Crippen LogP contribution in [-0.4, -0.2) is 12.6 Å². The van der Waals surface area contributed by atoms with Gasteiger partial charge in [-0.3, -0.25) is 4.79 Å². The highest BCUT2D eigenvalue weighted by Crippen LogP contribution is 2.10. The number of rotatable bonds is 4. The zero-order chi connectivity index (χ0) is 14.8. The van der Waals surface area contributed by atoms with Crippen molar-refractivity contribution in [1.82, 2.24) is 0 Å². The zero-order valence-corrected chi connectivity index (χ0v) is 11.8. The molecule has 3 nitrogen and oxygen atoms in total. The molecule has 0 radical (unpaired) electrons. The molecule has 3 heteroatoms. The molecule has 0 aliphatic heterocycles. The van der Waals surface area contributed by atoms with Gasteiger partial charge >= 0.3 is 5.97 Å². The number of hydrogen-bond acceptors (Lipinski definition) is 3. The summed E-state index contributed by atoms with van der Waals surface area (Å²) < 4.78 is 4.74. The first-order valence-electron chi connectivity index (χ1n) is 6.40. The summed E-state index contributed by atoms with van der Waals surface area (Å²) in [6, 6.07) is 7.97. The number of carbonyl (C=O) groups is 1. The maximum atomic E-state index is 10.6. The quantitative estimate of drug-likeness (QED) is 0.519. The molecule has 20 heavy (non-hydrogen) atoms. The maximum Gasteiger partial charge on any atom is 0.303 e. The van der Waals surface area contributed by atoms with Gasteiger partial charge in [0.1, 0.15) is 0 Å².